The Balaban J connectivity index is 1.81. The average molecular weight is 303 g/mol. The smallest absolute Gasteiger partial charge is 0.251 e. The maximum absolute atomic E-state index is 12.0. The number of carbonyl (C=O) groups is 2. The van der Waals surface area contributed by atoms with E-state index in [9.17, 15) is 9.59 Å². The molecule has 2 amide bonds. The summed E-state index contributed by atoms with van der Waals surface area (Å²) in [6.45, 7) is 2.71. The van der Waals surface area contributed by atoms with Crippen LogP contribution in [0.2, 0.25) is 0 Å². The molecule has 0 bridgehead atoms. The summed E-state index contributed by atoms with van der Waals surface area (Å²) in [4.78, 5) is 23.7. The Bertz CT molecular complexity index is 510. The third-order valence-electron chi connectivity index (χ3n) is 3.89. The van der Waals surface area contributed by atoms with E-state index in [0.29, 0.717) is 18.2 Å². The van der Waals surface area contributed by atoms with Gasteiger partial charge in [-0.2, -0.15) is 0 Å². The molecule has 2 rings (SSSR count). The molecule has 0 atom stereocenters. The number of nitrogens with one attached hydrogen (secondary N) is 3. The van der Waals surface area contributed by atoms with Gasteiger partial charge in [-0.25, -0.2) is 0 Å². The van der Waals surface area contributed by atoms with Gasteiger partial charge in [-0.05, 0) is 38.0 Å². The number of carbonyl (C=O) groups excluding carboxylic acids is 2. The Morgan fingerprint density at radius 2 is 1.95 bits per heavy atom. The minimum atomic E-state index is -0.0993. The molecule has 0 spiro atoms. The van der Waals surface area contributed by atoms with Crippen molar-refractivity contribution in [2.75, 3.05) is 18.4 Å². The second kappa shape index (κ2) is 8.41. The molecule has 3 N–H and O–H groups in total. The van der Waals surface area contributed by atoms with Crippen LogP contribution in [0, 0.1) is 0 Å². The Morgan fingerprint density at radius 3 is 2.68 bits per heavy atom. The summed E-state index contributed by atoms with van der Waals surface area (Å²) >= 11 is 0. The number of amides is 2. The summed E-state index contributed by atoms with van der Waals surface area (Å²) in [6, 6.07) is 7.52. The van der Waals surface area contributed by atoms with E-state index in [4.69, 9.17) is 0 Å². The van der Waals surface area contributed by atoms with Crippen LogP contribution in [0.3, 0.4) is 0 Å². The van der Waals surface area contributed by atoms with Gasteiger partial charge in [0.2, 0.25) is 5.91 Å². The highest BCUT2D eigenvalue weighted by Gasteiger charge is 2.15. The van der Waals surface area contributed by atoms with Gasteiger partial charge in [0.05, 0.1) is 6.54 Å². The number of hydrogen-bond acceptors (Lipinski definition) is 3. The third kappa shape index (κ3) is 5.06. The van der Waals surface area contributed by atoms with Crippen LogP contribution in [0.4, 0.5) is 5.69 Å². The standard InChI is InChI=1S/C17H25N3O2/c1-2-18-17(22)13-7-6-10-15(11-13)19-12-16(21)20-14-8-4-3-5-9-14/h6-7,10-11,14,19H,2-5,8-9,12H2,1H3,(H,18,22)(H,20,21). The average Bonchev–Trinajstić information content (AvgIpc) is 2.54. The Kier molecular flexibility index (Phi) is 6.25. The van der Waals surface area contributed by atoms with Crippen molar-refractivity contribution in [3.05, 3.63) is 29.8 Å². The van der Waals surface area contributed by atoms with Crippen molar-refractivity contribution in [3.63, 3.8) is 0 Å². The lowest BCUT2D eigenvalue weighted by atomic mass is 9.95. The lowest BCUT2D eigenvalue weighted by Gasteiger charge is -2.22. The highest BCUT2D eigenvalue weighted by atomic mass is 16.2. The van der Waals surface area contributed by atoms with Gasteiger partial charge in [-0.3, -0.25) is 9.59 Å². The van der Waals surface area contributed by atoms with Crippen LogP contribution in [0.25, 0.3) is 0 Å². The second-order valence-electron chi connectivity index (χ2n) is 5.70. The Hall–Kier alpha value is -2.04. The lowest BCUT2D eigenvalue weighted by molar-refractivity contribution is -0.120. The van der Waals surface area contributed by atoms with Crippen molar-refractivity contribution >= 4 is 17.5 Å². The molecule has 0 aromatic heterocycles. The minimum absolute atomic E-state index is 0.00955. The molecule has 5 heteroatoms. The van der Waals surface area contributed by atoms with E-state index >= 15 is 0 Å². The largest absolute Gasteiger partial charge is 0.376 e. The molecule has 0 saturated heterocycles. The van der Waals surface area contributed by atoms with E-state index in [-0.39, 0.29) is 18.4 Å². The lowest BCUT2D eigenvalue weighted by Crippen LogP contribution is -2.39. The molecular formula is C17H25N3O2. The van der Waals surface area contributed by atoms with Gasteiger partial charge in [-0.15, -0.1) is 0 Å². The molecule has 1 fully saturated rings. The van der Waals surface area contributed by atoms with Gasteiger partial charge in [0.15, 0.2) is 0 Å². The van der Waals surface area contributed by atoms with Crippen LogP contribution >= 0.6 is 0 Å². The molecule has 1 aliphatic rings. The first-order chi connectivity index (χ1) is 10.7. The van der Waals surface area contributed by atoms with Gasteiger partial charge < -0.3 is 16.0 Å². The maximum atomic E-state index is 12.0. The number of anilines is 1. The second-order valence-corrected chi connectivity index (χ2v) is 5.70. The summed E-state index contributed by atoms with van der Waals surface area (Å²) < 4.78 is 0. The van der Waals surface area contributed by atoms with Crippen LogP contribution in [0.15, 0.2) is 24.3 Å². The van der Waals surface area contributed by atoms with Crippen LogP contribution in [0.1, 0.15) is 49.4 Å². The first-order valence-electron chi connectivity index (χ1n) is 8.10. The van der Waals surface area contributed by atoms with Crippen molar-refractivity contribution in [1.82, 2.24) is 10.6 Å². The molecule has 0 heterocycles. The molecule has 0 aliphatic heterocycles. The predicted octanol–water partition coefficient (Wildman–Crippen LogP) is 2.30. The fourth-order valence-electron chi connectivity index (χ4n) is 2.74. The number of rotatable bonds is 6. The fourth-order valence-corrected chi connectivity index (χ4v) is 2.74. The van der Waals surface area contributed by atoms with Crippen molar-refractivity contribution in [2.45, 2.75) is 45.1 Å². The summed E-state index contributed by atoms with van der Waals surface area (Å²) in [6.07, 6.45) is 5.84. The number of hydrogen-bond donors (Lipinski definition) is 3. The summed E-state index contributed by atoms with van der Waals surface area (Å²) in [5.74, 6) is -0.0897. The summed E-state index contributed by atoms with van der Waals surface area (Å²) in [5.41, 5.74) is 1.38. The highest BCUT2D eigenvalue weighted by molar-refractivity contribution is 5.95. The van der Waals surface area contributed by atoms with Crippen molar-refractivity contribution < 1.29 is 9.59 Å². The molecule has 0 unspecified atom stereocenters. The van der Waals surface area contributed by atoms with Crippen LogP contribution in [-0.4, -0.2) is 30.9 Å². The third-order valence-corrected chi connectivity index (χ3v) is 3.89. The minimum Gasteiger partial charge on any atom is -0.376 e. The van der Waals surface area contributed by atoms with Crippen LogP contribution in [0.5, 0.6) is 0 Å². The normalized spacial score (nSPS) is 15.1. The van der Waals surface area contributed by atoms with Crippen LogP contribution < -0.4 is 16.0 Å². The van der Waals surface area contributed by atoms with E-state index in [1.54, 1.807) is 12.1 Å². The molecule has 5 nitrogen and oxygen atoms in total. The van der Waals surface area contributed by atoms with Gasteiger partial charge in [0, 0.05) is 23.8 Å². The zero-order chi connectivity index (χ0) is 15.8. The van der Waals surface area contributed by atoms with E-state index in [1.807, 2.05) is 19.1 Å². The Labute approximate surface area is 131 Å². The monoisotopic (exact) mass is 303 g/mol. The molecular weight excluding hydrogens is 278 g/mol. The summed E-state index contributed by atoms with van der Waals surface area (Å²) in [5, 5.41) is 8.91. The van der Waals surface area contributed by atoms with E-state index in [2.05, 4.69) is 16.0 Å². The van der Waals surface area contributed by atoms with E-state index in [0.717, 1.165) is 18.5 Å². The molecule has 1 aromatic carbocycles. The van der Waals surface area contributed by atoms with Gasteiger partial charge in [0.25, 0.3) is 5.91 Å². The fraction of sp³-hybridized carbons (Fsp3) is 0.529. The van der Waals surface area contributed by atoms with Crippen molar-refractivity contribution in [1.29, 1.82) is 0 Å². The molecule has 1 aliphatic carbocycles. The highest BCUT2D eigenvalue weighted by Crippen LogP contribution is 2.17. The Morgan fingerprint density at radius 1 is 1.18 bits per heavy atom. The molecule has 0 radical (unpaired) electrons. The first-order valence-corrected chi connectivity index (χ1v) is 8.10. The van der Waals surface area contributed by atoms with Gasteiger partial charge in [-0.1, -0.05) is 25.3 Å². The molecule has 1 aromatic rings. The zero-order valence-corrected chi connectivity index (χ0v) is 13.2. The molecule has 120 valence electrons. The molecule has 22 heavy (non-hydrogen) atoms. The van der Waals surface area contributed by atoms with Crippen LogP contribution in [-0.2, 0) is 4.79 Å². The van der Waals surface area contributed by atoms with E-state index < -0.39 is 0 Å². The van der Waals surface area contributed by atoms with Crippen molar-refractivity contribution in [3.8, 4) is 0 Å². The molecule has 1 saturated carbocycles. The van der Waals surface area contributed by atoms with Gasteiger partial charge in [0.1, 0.15) is 0 Å². The van der Waals surface area contributed by atoms with Crippen molar-refractivity contribution in [2.24, 2.45) is 0 Å². The quantitative estimate of drug-likeness (QED) is 0.755. The zero-order valence-electron chi connectivity index (χ0n) is 13.2. The van der Waals surface area contributed by atoms with E-state index in [1.165, 1.54) is 19.3 Å². The predicted molar refractivity (Wildman–Crippen MR) is 88.0 cm³/mol. The number of benzene rings is 1. The first kappa shape index (κ1) is 16.3. The van der Waals surface area contributed by atoms with Gasteiger partial charge >= 0.3 is 0 Å². The maximum Gasteiger partial charge on any atom is 0.251 e. The SMILES string of the molecule is CCNC(=O)c1cccc(NCC(=O)NC2CCCCC2)c1. The summed E-state index contributed by atoms with van der Waals surface area (Å²) in [7, 11) is 0. The topological polar surface area (TPSA) is 70.2 Å².